The van der Waals surface area contributed by atoms with Gasteiger partial charge in [0.2, 0.25) is 0 Å². The maximum atomic E-state index is 11.2. The van der Waals surface area contributed by atoms with Crippen LogP contribution >= 0.6 is 0 Å². The van der Waals surface area contributed by atoms with Crippen molar-refractivity contribution in [1.82, 2.24) is 4.98 Å². The Morgan fingerprint density at radius 1 is 1.68 bits per heavy atom. The molecule has 100 valence electrons. The van der Waals surface area contributed by atoms with Crippen LogP contribution in [-0.2, 0) is 9.53 Å². The van der Waals surface area contributed by atoms with Crippen molar-refractivity contribution in [3.8, 4) is 6.07 Å². The Hall–Kier alpha value is -2.13. The van der Waals surface area contributed by atoms with Crippen molar-refractivity contribution in [2.45, 2.75) is 13.0 Å². The predicted molar refractivity (Wildman–Crippen MR) is 67.7 cm³/mol. The first-order chi connectivity index (χ1) is 9.17. The third-order valence-corrected chi connectivity index (χ3v) is 3.28. The molecule has 1 aromatic rings. The Labute approximate surface area is 111 Å². The summed E-state index contributed by atoms with van der Waals surface area (Å²) in [5.41, 5.74) is 0.509. The molecule has 2 unspecified atom stereocenters. The summed E-state index contributed by atoms with van der Waals surface area (Å²) in [6, 6.07) is 5.10. The van der Waals surface area contributed by atoms with E-state index < -0.39 is 11.9 Å². The van der Waals surface area contributed by atoms with Gasteiger partial charge in [0.25, 0.3) is 0 Å². The minimum Gasteiger partial charge on any atom is -0.481 e. The monoisotopic (exact) mass is 261 g/mol. The van der Waals surface area contributed by atoms with E-state index in [0.29, 0.717) is 24.5 Å². The predicted octanol–water partition coefficient (Wildman–Crippen LogP) is 0.879. The topological polar surface area (TPSA) is 86.5 Å². The molecular weight excluding hydrogens is 246 g/mol. The van der Waals surface area contributed by atoms with E-state index in [1.54, 1.807) is 18.3 Å². The van der Waals surface area contributed by atoms with Crippen molar-refractivity contribution in [3.05, 3.63) is 23.9 Å². The fourth-order valence-electron chi connectivity index (χ4n) is 2.30. The number of aliphatic carboxylic acids is 1. The van der Waals surface area contributed by atoms with Gasteiger partial charge in [-0.05, 0) is 19.1 Å². The standard InChI is InChI=1S/C13H15N3O3/c1-2-16(11-8-19-7-10(11)13(17)18)12-5-9(6-14)3-4-15-12/h3-5,10-11H,2,7-8H2,1H3,(H,17,18). The first kappa shape index (κ1) is 13.3. The molecule has 6 nitrogen and oxygen atoms in total. The summed E-state index contributed by atoms with van der Waals surface area (Å²) in [6.45, 7) is 3.12. The van der Waals surface area contributed by atoms with Gasteiger partial charge < -0.3 is 14.7 Å². The van der Waals surface area contributed by atoms with E-state index in [-0.39, 0.29) is 12.6 Å². The molecule has 2 heterocycles. The molecule has 1 aliphatic rings. The van der Waals surface area contributed by atoms with Gasteiger partial charge in [0, 0.05) is 12.7 Å². The number of aromatic nitrogens is 1. The molecule has 2 rings (SSSR count). The smallest absolute Gasteiger partial charge is 0.311 e. The van der Waals surface area contributed by atoms with Crippen molar-refractivity contribution in [2.75, 3.05) is 24.7 Å². The van der Waals surface area contributed by atoms with Gasteiger partial charge in [0.1, 0.15) is 11.7 Å². The molecule has 1 fully saturated rings. The quantitative estimate of drug-likeness (QED) is 0.865. The minimum atomic E-state index is -0.864. The third kappa shape index (κ3) is 2.66. The Morgan fingerprint density at radius 2 is 2.47 bits per heavy atom. The summed E-state index contributed by atoms with van der Waals surface area (Å²) in [5.74, 6) is -0.812. The fraction of sp³-hybridized carbons (Fsp3) is 0.462. The highest BCUT2D eigenvalue weighted by molar-refractivity contribution is 5.72. The number of rotatable bonds is 4. The van der Waals surface area contributed by atoms with E-state index in [1.165, 1.54) is 0 Å². The number of hydrogen-bond acceptors (Lipinski definition) is 5. The van der Waals surface area contributed by atoms with Gasteiger partial charge in [-0.15, -0.1) is 0 Å². The molecule has 0 bridgehead atoms. The van der Waals surface area contributed by atoms with Crippen LogP contribution in [0.1, 0.15) is 12.5 Å². The number of carbonyl (C=O) groups is 1. The van der Waals surface area contributed by atoms with Crippen molar-refractivity contribution in [1.29, 1.82) is 5.26 Å². The molecule has 0 saturated carbocycles. The summed E-state index contributed by atoms with van der Waals surface area (Å²) in [5, 5.41) is 18.1. The molecule has 6 heteroatoms. The van der Waals surface area contributed by atoms with Gasteiger partial charge in [-0.2, -0.15) is 5.26 Å². The number of pyridine rings is 1. The summed E-state index contributed by atoms with van der Waals surface area (Å²) in [6.07, 6.45) is 1.56. The van der Waals surface area contributed by atoms with E-state index in [9.17, 15) is 9.90 Å². The lowest BCUT2D eigenvalue weighted by atomic mass is 10.0. The largest absolute Gasteiger partial charge is 0.481 e. The van der Waals surface area contributed by atoms with Crippen LogP contribution in [0.25, 0.3) is 0 Å². The number of hydrogen-bond donors (Lipinski definition) is 1. The Bertz CT molecular complexity index is 512. The molecular formula is C13H15N3O3. The van der Waals surface area contributed by atoms with Crippen LogP contribution in [0.3, 0.4) is 0 Å². The van der Waals surface area contributed by atoms with Crippen LogP contribution in [0.2, 0.25) is 0 Å². The maximum Gasteiger partial charge on any atom is 0.311 e. The van der Waals surface area contributed by atoms with E-state index in [0.717, 1.165) is 0 Å². The summed E-state index contributed by atoms with van der Waals surface area (Å²) in [4.78, 5) is 17.3. The van der Waals surface area contributed by atoms with E-state index in [1.807, 2.05) is 11.8 Å². The molecule has 0 aromatic carbocycles. The average Bonchev–Trinajstić information content (AvgIpc) is 2.89. The van der Waals surface area contributed by atoms with Crippen molar-refractivity contribution < 1.29 is 14.6 Å². The molecule has 1 aromatic heterocycles. The van der Waals surface area contributed by atoms with Gasteiger partial charge in [-0.25, -0.2) is 4.98 Å². The van der Waals surface area contributed by atoms with Gasteiger partial charge in [0.05, 0.1) is 30.9 Å². The number of nitrogens with zero attached hydrogens (tertiary/aromatic N) is 3. The van der Waals surface area contributed by atoms with Crippen molar-refractivity contribution in [3.63, 3.8) is 0 Å². The average molecular weight is 261 g/mol. The lowest BCUT2D eigenvalue weighted by Crippen LogP contribution is -2.43. The van der Waals surface area contributed by atoms with Crippen LogP contribution in [0.5, 0.6) is 0 Å². The zero-order chi connectivity index (χ0) is 13.8. The Kier molecular flexibility index (Phi) is 3.97. The van der Waals surface area contributed by atoms with Crippen LogP contribution in [-0.4, -0.2) is 41.9 Å². The van der Waals surface area contributed by atoms with Crippen LogP contribution in [0, 0.1) is 17.2 Å². The lowest BCUT2D eigenvalue weighted by Gasteiger charge is -2.30. The Morgan fingerprint density at radius 3 is 3.11 bits per heavy atom. The third-order valence-electron chi connectivity index (χ3n) is 3.28. The molecule has 2 atom stereocenters. The number of ether oxygens (including phenoxy) is 1. The highest BCUT2D eigenvalue weighted by atomic mass is 16.5. The van der Waals surface area contributed by atoms with E-state index in [4.69, 9.17) is 10.00 Å². The van der Waals surface area contributed by atoms with Crippen molar-refractivity contribution in [2.24, 2.45) is 5.92 Å². The number of carboxylic acids is 1. The van der Waals surface area contributed by atoms with Crippen LogP contribution < -0.4 is 4.90 Å². The van der Waals surface area contributed by atoms with Crippen molar-refractivity contribution >= 4 is 11.8 Å². The molecule has 1 aliphatic heterocycles. The molecule has 19 heavy (non-hydrogen) atoms. The molecule has 1 saturated heterocycles. The van der Waals surface area contributed by atoms with Gasteiger partial charge in [-0.1, -0.05) is 0 Å². The van der Waals surface area contributed by atoms with E-state index >= 15 is 0 Å². The molecule has 1 N–H and O–H groups in total. The second kappa shape index (κ2) is 5.67. The molecule has 0 radical (unpaired) electrons. The highest BCUT2D eigenvalue weighted by Crippen LogP contribution is 2.24. The summed E-state index contributed by atoms with van der Waals surface area (Å²) in [7, 11) is 0. The summed E-state index contributed by atoms with van der Waals surface area (Å²) >= 11 is 0. The molecule has 0 amide bonds. The first-order valence-electron chi connectivity index (χ1n) is 6.10. The molecule has 0 spiro atoms. The first-order valence-corrected chi connectivity index (χ1v) is 6.10. The van der Waals surface area contributed by atoms with Crippen LogP contribution in [0.4, 0.5) is 5.82 Å². The highest BCUT2D eigenvalue weighted by Gasteiger charge is 2.38. The second-order valence-electron chi connectivity index (χ2n) is 4.35. The summed E-state index contributed by atoms with van der Waals surface area (Å²) < 4.78 is 5.28. The molecule has 0 aliphatic carbocycles. The number of anilines is 1. The SMILES string of the molecule is CCN(c1cc(C#N)ccn1)C1COCC1C(=O)O. The fourth-order valence-corrected chi connectivity index (χ4v) is 2.30. The number of nitriles is 1. The Balaban J connectivity index is 2.29. The van der Waals surface area contributed by atoms with Crippen LogP contribution in [0.15, 0.2) is 18.3 Å². The minimum absolute atomic E-state index is 0.217. The lowest BCUT2D eigenvalue weighted by molar-refractivity contribution is -0.141. The van der Waals surface area contributed by atoms with Gasteiger partial charge >= 0.3 is 5.97 Å². The zero-order valence-electron chi connectivity index (χ0n) is 10.6. The van der Waals surface area contributed by atoms with E-state index in [2.05, 4.69) is 11.1 Å². The normalized spacial score (nSPS) is 21.9. The number of likely N-dealkylation sites (N-methyl/N-ethyl adjacent to an activating group) is 1. The number of carboxylic acid groups (broad SMARTS) is 1. The van der Waals surface area contributed by atoms with Gasteiger partial charge in [-0.3, -0.25) is 4.79 Å². The maximum absolute atomic E-state index is 11.2. The zero-order valence-corrected chi connectivity index (χ0v) is 10.6. The van der Waals surface area contributed by atoms with Gasteiger partial charge in [0.15, 0.2) is 0 Å². The second-order valence-corrected chi connectivity index (χ2v) is 4.35.